The molecule has 1 heterocycles. The molecule has 0 aromatic heterocycles. The third kappa shape index (κ3) is 2.72. The van der Waals surface area contributed by atoms with E-state index in [2.05, 4.69) is 31.9 Å². The Hall–Kier alpha value is -0.390. The van der Waals surface area contributed by atoms with E-state index in [0.717, 1.165) is 28.3 Å². The summed E-state index contributed by atoms with van der Waals surface area (Å²) < 4.78 is 1.71. The number of amides is 1. The van der Waals surface area contributed by atoms with Gasteiger partial charge in [-0.25, -0.2) is 0 Å². The van der Waals surface area contributed by atoms with Crippen molar-refractivity contribution in [2.75, 3.05) is 13.2 Å². The fourth-order valence-electron chi connectivity index (χ4n) is 2.11. The summed E-state index contributed by atoms with van der Waals surface area (Å²) in [6, 6.07) is 5.47. The number of halogens is 2. The van der Waals surface area contributed by atoms with Crippen LogP contribution in [0.2, 0.25) is 0 Å². The SMILES string of the molecule is O=C(c1ccc(Br)cc1Br)N1CCC[C@@H]1CO. The number of hydrogen-bond acceptors (Lipinski definition) is 2. The standard InChI is InChI=1S/C12H13Br2NO2/c13-8-3-4-10(11(14)6-8)12(17)15-5-1-2-9(15)7-16/h3-4,6,9,16H,1-2,5,7H2/t9-/m1/s1. The molecule has 0 spiro atoms. The largest absolute Gasteiger partial charge is 0.394 e. The average molecular weight is 363 g/mol. The van der Waals surface area contributed by atoms with Crippen molar-refractivity contribution in [1.82, 2.24) is 4.90 Å². The molecule has 1 aliphatic rings. The average Bonchev–Trinajstić information content (AvgIpc) is 2.76. The molecule has 0 bridgehead atoms. The van der Waals surface area contributed by atoms with E-state index >= 15 is 0 Å². The molecule has 1 fully saturated rings. The Bertz CT molecular complexity index is 437. The topological polar surface area (TPSA) is 40.5 Å². The first kappa shape index (κ1) is 13.1. The van der Waals surface area contributed by atoms with Crippen LogP contribution in [-0.4, -0.2) is 35.1 Å². The van der Waals surface area contributed by atoms with Crippen LogP contribution in [0.5, 0.6) is 0 Å². The van der Waals surface area contributed by atoms with Crippen LogP contribution >= 0.6 is 31.9 Å². The van der Waals surface area contributed by atoms with Crippen molar-refractivity contribution < 1.29 is 9.90 Å². The second-order valence-corrected chi connectivity index (χ2v) is 5.87. The molecule has 1 aromatic carbocycles. The number of rotatable bonds is 2. The van der Waals surface area contributed by atoms with Gasteiger partial charge in [0.15, 0.2) is 0 Å². The van der Waals surface area contributed by atoms with Crippen LogP contribution in [0.25, 0.3) is 0 Å². The molecule has 1 N–H and O–H groups in total. The molecule has 3 nitrogen and oxygen atoms in total. The number of aliphatic hydroxyl groups excluding tert-OH is 1. The summed E-state index contributed by atoms with van der Waals surface area (Å²) >= 11 is 6.76. The molecule has 5 heteroatoms. The van der Waals surface area contributed by atoms with Gasteiger partial charge in [0.25, 0.3) is 5.91 Å². The molecule has 1 amide bonds. The van der Waals surface area contributed by atoms with Gasteiger partial charge in [0, 0.05) is 15.5 Å². The van der Waals surface area contributed by atoms with Gasteiger partial charge in [-0.3, -0.25) is 4.79 Å². The van der Waals surface area contributed by atoms with Crippen LogP contribution in [-0.2, 0) is 0 Å². The van der Waals surface area contributed by atoms with Crippen molar-refractivity contribution in [3.63, 3.8) is 0 Å². The molecular weight excluding hydrogens is 350 g/mol. The minimum Gasteiger partial charge on any atom is -0.394 e. The van der Waals surface area contributed by atoms with E-state index in [1.165, 1.54) is 0 Å². The van der Waals surface area contributed by atoms with Crippen molar-refractivity contribution in [3.05, 3.63) is 32.7 Å². The lowest BCUT2D eigenvalue weighted by Gasteiger charge is -2.23. The van der Waals surface area contributed by atoms with Gasteiger partial charge < -0.3 is 10.0 Å². The van der Waals surface area contributed by atoms with Crippen LogP contribution in [0.4, 0.5) is 0 Å². The minimum absolute atomic E-state index is 0.0130. The highest BCUT2D eigenvalue weighted by atomic mass is 79.9. The summed E-state index contributed by atoms with van der Waals surface area (Å²) in [5.74, 6) is -0.0130. The lowest BCUT2D eigenvalue weighted by Crippen LogP contribution is -2.37. The maximum atomic E-state index is 12.3. The number of aliphatic hydroxyl groups is 1. The number of likely N-dealkylation sites (tertiary alicyclic amines) is 1. The number of carbonyl (C=O) groups is 1. The normalized spacial score (nSPS) is 19.7. The zero-order valence-corrected chi connectivity index (χ0v) is 12.4. The Morgan fingerprint density at radius 2 is 2.24 bits per heavy atom. The fourth-order valence-corrected chi connectivity index (χ4v) is 3.33. The molecule has 0 saturated carbocycles. The van der Waals surface area contributed by atoms with Crippen LogP contribution < -0.4 is 0 Å². The molecular formula is C12H13Br2NO2. The summed E-state index contributed by atoms with van der Waals surface area (Å²) in [5, 5.41) is 9.23. The Labute approximate surface area is 117 Å². The number of hydrogen-bond donors (Lipinski definition) is 1. The van der Waals surface area contributed by atoms with E-state index in [1.54, 1.807) is 11.0 Å². The Morgan fingerprint density at radius 1 is 1.47 bits per heavy atom. The molecule has 17 heavy (non-hydrogen) atoms. The van der Waals surface area contributed by atoms with E-state index < -0.39 is 0 Å². The Kier molecular flexibility index (Phi) is 4.22. The first-order chi connectivity index (χ1) is 8.13. The maximum absolute atomic E-state index is 12.3. The predicted molar refractivity (Wildman–Crippen MR) is 73.0 cm³/mol. The van der Waals surface area contributed by atoms with Crippen molar-refractivity contribution >= 4 is 37.8 Å². The third-order valence-corrected chi connectivity index (χ3v) is 4.16. The number of nitrogens with zero attached hydrogens (tertiary/aromatic N) is 1. The highest BCUT2D eigenvalue weighted by Gasteiger charge is 2.29. The first-order valence-electron chi connectivity index (χ1n) is 5.50. The van der Waals surface area contributed by atoms with Gasteiger partial charge in [-0.15, -0.1) is 0 Å². The zero-order valence-electron chi connectivity index (χ0n) is 9.20. The number of carbonyl (C=O) groups excluding carboxylic acids is 1. The lowest BCUT2D eigenvalue weighted by molar-refractivity contribution is 0.0676. The zero-order chi connectivity index (χ0) is 12.4. The van der Waals surface area contributed by atoms with E-state index in [4.69, 9.17) is 0 Å². The minimum atomic E-state index is -0.0296. The lowest BCUT2D eigenvalue weighted by atomic mass is 10.2. The van der Waals surface area contributed by atoms with Crippen LogP contribution in [0.3, 0.4) is 0 Å². The molecule has 1 saturated heterocycles. The van der Waals surface area contributed by atoms with Crippen molar-refractivity contribution in [2.45, 2.75) is 18.9 Å². The highest BCUT2D eigenvalue weighted by molar-refractivity contribution is 9.11. The molecule has 1 aromatic rings. The maximum Gasteiger partial charge on any atom is 0.255 e. The second kappa shape index (κ2) is 5.50. The molecule has 1 aliphatic heterocycles. The van der Waals surface area contributed by atoms with Gasteiger partial charge in [0.05, 0.1) is 18.2 Å². The summed E-state index contributed by atoms with van der Waals surface area (Å²) in [7, 11) is 0. The van der Waals surface area contributed by atoms with Gasteiger partial charge in [0.2, 0.25) is 0 Å². The summed E-state index contributed by atoms with van der Waals surface area (Å²) in [5.41, 5.74) is 0.647. The Morgan fingerprint density at radius 3 is 2.88 bits per heavy atom. The van der Waals surface area contributed by atoms with Gasteiger partial charge in [-0.2, -0.15) is 0 Å². The van der Waals surface area contributed by atoms with E-state index in [9.17, 15) is 9.90 Å². The van der Waals surface area contributed by atoms with Gasteiger partial charge >= 0.3 is 0 Å². The van der Waals surface area contributed by atoms with Gasteiger partial charge in [-0.05, 0) is 47.0 Å². The van der Waals surface area contributed by atoms with E-state index in [0.29, 0.717) is 5.56 Å². The summed E-state index contributed by atoms with van der Waals surface area (Å²) in [6.45, 7) is 0.770. The van der Waals surface area contributed by atoms with Crippen molar-refractivity contribution in [3.8, 4) is 0 Å². The monoisotopic (exact) mass is 361 g/mol. The van der Waals surface area contributed by atoms with Gasteiger partial charge in [0.1, 0.15) is 0 Å². The molecule has 0 aliphatic carbocycles. The number of benzene rings is 1. The van der Waals surface area contributed by atoms with Crippen molar-refractivity contribution in [2.24, 2.45) is 0 Å². The van der Waals surface area contributed by atoms with Crippen LogP contribution in [0, 0.1) is 0 Å². The highest BCUT2D eigenvalue weighted by Crippen LogP contribution is 2.26. The van der Waals surface area contributed by atoms with Gasteiger partial charge in [-0.1, -0.05) is 15.9 Å². The molecule has 92 valence electrons. The van der Waals surface area contributed by atoms with E-state index in [1.807, 2.05) is 12.1 Å². The third-order valence-electron chi connectivity index (χ3n) is 3.01. The Balaban J connectivity index is 2.24. The molecule has 2 rings (SSSR count). The summed E-state index contributed by atoms with van der Waals surface area (Å²) in [6.07, 6.45) is 1.85. The fraction of sp³-hybridized carbons (Fsp3) is 0.417. The molecule has 0 unspecified atom stereocenters. The smallest absolute Gasteiger partial charge is 0.255 e. The quantitative estimate of drug-likeness (QED) is 0.878. The second-order valence-electron chi connectivity index (χ2n) is 4.10. The van der Waals surface area contributed by atoms with E-state index in [-0.39, 0.29) is 18.6 Å². The van der Waals surface area contributed by atoms with Crippen molar-refractivity contribution in [1.29, 1.82) is 0 Å². The first-order valence-corrected chi connectivity index (χ1v) is 7.09. The molecule has 0 radical (unpaired) electrons. The summed E-state index contributed by atoms with van der Waals surface area (Å²) in [4.78, 5) is 14.1. The van der Waals surface area contributed by atoms with Crippen LogP contribution in [0.15, 0.2) is 27.1 Å². The van der Waals surface area contributed by atoms with Crippen LogP contribution in [0.1, 0.15) is 23.2 Å². The predicted octanol–water partition coefficient (Wildman–Crippen LogP) is 2.81. The molecule has 1 atom stereocenters.